The van der Waals surface area contributed by atoms with Gasteiger partial charge in [0.2, 0.25) is 0 Å². The fourth-order valence-corrected chi connectivity index (χ4v) is 0.916. The zero-order valence-corrected chi connectivity index (χ0v) is 7.52. The minimum absolute atomic E-state index is 0.175. The highest BCUT2D eigenvalue weighted by Gasteiger charge is 2.10. The van der Waals surface area contributed by atoms with E-state index in [4.69, 9.17) is 5.11 Å². The molecule has 2 unspecified atom stereocenters. The third kappa shape index (κ3) is 4.31. The highest BCUT2D eigenvalue weighted by molar-refractivity contribution is 4.73. The van der Waals surface area contributed by atoms with Gasteiger partial charge in [0.15, 0.2) is 0 Å². The van der Waals surface area contributed by atoms with E-state index >= 15 is 0 Å². The normalized spacial score (nSPS) is 16.4. The summed E-state index contributed by atoms with van der Waals surface area (Å²) in [4.78, 5) is 0. The van der Waals surface area contributed by atoms with Gasteiger partial charge in [0.05, 0.1) is 12.8 Å². The molecular formula is C7H19N3O. The van der Waals surface area contributed by atoms with Gasteiger partial charge in [-0.25, -0.2) is 0 Å². The minimum atomic E-state index is 0.175. The number of aliphatic hydroxyl groups is 1. The van der Waals surface area contributed by atoms with Crippen molar-refractivity contribution in [3.05, 3.63) is 0 Å². The Hall–Kier alpha value is -0.160. The highest BCUT2D eigenvalue weighted by atomic mass is 16.3. The van der Waals surface area contributed by atoms with Gasteiger partial charge < -0.3 is 15.7 Å². The first-order valence-electron chi connectivity index (χ1n) is 3.95. The van der Waals surface area contributed by atoms with Crippen molar-refractivity contribution < 1.29 is 5.11 Å². The molecule has 0 aliphatic carbocycles. The SMILES string of the molecule is CNC(C)C(NC)NCCO. The van der Waals surface area contributed by atoms with Gasteiger partial charge in [0, 0.05) is 12.6 Å². The molecule has 0 spiro atoms. The Balaban J connectivity index is 3.56. The van der Waals surface area contributed by atoms with Crippen LogP contribution in [0.4, 0.5) is 0 Å². The van der Waals surface area contributed by atoms with Crippen molar-refractivity contribution in [2.45, 2.75) is 19.1 Å². The van der Waals surface area contributed by atoms with Crippen LogP contribution >= 0.6 is 0 Å². The summed E-state index contributed by atoms with van der Waals surface area (Å²) in [6, 6.07) is 0.353. The molecule has 0 aliphatic heterocycles. The molecule has 0 bridgehead atoms. The van der Waals surface area contributed by atoms with Gasteiger partial charge in [0.25, 0.3) is 0 Å². The largest absolute Gasteiger partial charge is 0.395 e. The van der Waals surface area contributed by atoms with Crippen molar-refractivity contribution >= 4 is 0 Å². The van der Waals surface area contributed by atoms with Crippen molar-refractivity contribution in [3.8, 4) is 0 Å². The Bertz CT molecular complexity index is 89.8. The molecule has 4 heteroatoms. The second kappa shape index (κ2) is 6.54. The lowest BCUT2D eigenvalue weighted by molar-refractivity contribution is 0.267. The summed E-state index contributed by atoms with van der Waals surface area (Å²) in [6.07, 6.45) is 0.215. The van der Waals surface area contributed by atoms with E-state index in [0.717, 1.165) is 0 Å². The van der Waals surface area contributed by atoms with Crippen LogP contribution in [-0.2, 0) is 0 Å². The van der Waals surface area contributed by atoms with Gasteiger partial charge in [0.1, 0.15) is 0 Å². The summed E-state index contributed by atoms with van der Waals surface area (Å²) in [7, 11) is 3.80. The summed E-state index contributed by atoms with van der Waals surface area (Å²) < 4.78 is 0. The number of hydrogen-bond acceptors (Lipinski definition) is 4. The number of aliphatic hydroxyl groups excluding tert-OH is 1. The van der Waals surface area contributed by atoms with E-state index in [1.54, 1.807) is 0 Å². The third-order valence-corrected chi connectivity index (χ3v) is 1.74. The lowest BCUT2D eigenvalue weighted by Crippen LogP contribution is -2.53. The van der Waals surface area contributed by atoms with Gasteiger partial charge in [-0.05, 0) is 21.0 Å². The van der Waals surface area contributed by atoms with Crippen LogP contribution in [0, 0.1) is 0 Å². The molecule has 4 nitrogen and oxygen atoms in total. The maximum absolute atomic E-state index is 8.55. The lowest BCUT2D eigenvalue weighted by atomic mass is 10.2. The Morgan fingerprint density at radius 1 is 1.27 bits per heavy atom. The standard InChI is InChI=1S/C7H19N3O/c1-6(8-2)7(9-3)10-4-5-11/h6-11H,4-5H2,1-3H3. The van der Waals surface area contributed by atoms with E-state index in [-0.39, 0.29) is 12.8 Å². The van der Waals surface area contributed by atoms with E-state index in [0.29, 0.717) is 12.6 Å². The van der Waals surface area contributed by atoms with Crippen molar-refractivity contribution in [2.75, 3.05) is 27.2 Å². The minimum Gasteiger partial charge on any atom is -0.395 e. The Labute approximate surface area is 68.4 Å². The number of likely N-dealkylation sites (N-methyl/N-ethyl adjacent to an activating group) is 2. The predicted molar refractivity (Wildman–Crippen MR) is 46.5 cm³/mol. The Morgan fingerprint density at radius 3 is 2.27 bits per heavy atom. The second-order valence-electron chi connectivity index (χ2n) is 2.52. The van der Waals surface area contributed by atoms with Crippen LogP contribution in [0.25, 0.3) is 0 Å². The van der Waals surface area contributed by atoms with E-state index in [2.05, 4.69) is 22.9 Å². The smallest absolute Gasteiger partial charge is 0.0725 e. The monoisotopic (exact) mass is 161 g/mol. The zero-order valence-electron chi connectivity index (χ0n) is 7.52. The molecule has 0 aliphatic rings. The average molecular weight is 161 g/mol. The molecule has 4 N–H and O–H groups in total. The maximum Gasteiger partial charge on any atom is 0.0725 e. The molecule has 0 fully saturated rings. The van der Waals surface area contributed by atoms with E-state index in [1.807, 2.05) is 14.1 Å². The van der Waals surface area contributed by atoms with Crippen molar-refractivity contribution in [2.24, 2.45) is 0 Å². The van der Waals surface area contributed by atoms with Crippen molar-refractivity contribution in [3.63, 3.8) is 0 Å². The molecule has 0 saturated carbocycles. The second-order valence-corrected chi connectivity index (χ2v) is 2.52. The summed E-state index contributed by atoms with van der Waals surface area (Å²) in [5.74, 6) is 0. The fraction of sp³-hybridized carbons (Fsp3) is 1.00. The van der Waals surface area contributed by atoms with Crippen LogP contribution in [-0.4, -0.2) is 44.6 Å². The van der Waals surface area contributed by atoms with Gasteiger partial charge >= 0.3 is 0 Å². The summed E-state index contributed by atoms with van der Waals surface area (Å²) in [5.41, 5.74) is 0. The topological polar surface area (TPSA) is 56.3 Å². The first kappa shape index (κ1) is 10.8. The quantitative estimate of drug-likeness (QED) is 0.367. The molecule has 0 aromatic carbocycles. The van der Waals surface area contributed by atoms with Crippen LogP contribution < -0.4 is 16.0 Å². The molecule has 0 aromatic rings. The van der Waals surface area contributed by atoms with E-state index < -0.39 is 0 Å². The number of hydrogen-bond donors (Lipinski definition) is 4. The molecule has 0 amide bonds. The first-order chi connectivity index (χ1) is 5.26. The predicted octanol–water partition coefficient (Wildman–Crippen LogP) is -1.28. The number of rotatable bonds is 6. The molecule has 2 atom stereocenters. The molecule has 0 heterocycles. The fourth-order valence-electron chi connectivity index (χ4n) is 0.916. The summed E-state index contributed by atoms with van der Waals surface area (Å²) >= 11 is 0. The van der Waals surface area contributed by atoms with Crippen LogP contribution in [0.15, 0.2) is 0 Å². The van der Waals surface area contributed by atoms with E-state index in [1.165, 1.54) is 0 Å². The maximum atomic E-state index is 8.55. The van der Waals surface area contributed by atoms with Gasteiger partial charge in [-0.2, -0.15) is 0 Å². The summed E-state index contributed by atoms with van der Waals surface area (Å²) in [5, 5.41) is 17.9. The summed E-state index contributed by atoms with van der Waals surface area (Å²) in [6.45, 7) is 2.87. The molecule has 0 rings (SSSR count). The first-order valence-corrected chi connectivity index (χ1v) is 3.95. The Kier molecular flexibility index (Phi) is 6.45. The van der Waals surface area contributed by atoms with Crippen LogP contribution in [0.5, 0.6) is 0 Å². The highest BCUT2D eigenvalue weighted by Crippen LogP contribution is 1.85. The molecule has 0 radical (unpaired) electrons. The van der Waals surface area contributed by atoms with Crippen LogP contribution in [0.2, 0.25) is 0 Å². The third-order valence-electron chi connectivity index (χ3n) is 1.74. The molecular weight excluding hydrogens is 142 g/mol. The van der Waals surface area contributed by atoms with E-state index in [9.17, 15) is 0 Å². The molecule has 0 aromatic heterocycles. The average Bonchev–Trinajstić information content (AvgIpc) is 2.05. The molecule has 68 valence electrons. The van der Waals surface area contributed by atoms with Crippen molar-refractivity contribution in [1.29, 1.82) is 0 Å². The van der Waals surface area contributed by atoms with Gasteiger partial charge in [-0.15, -0.1) is 0 Å². The lowest BCUT2D eigenvalue weighted by Gasteiger charge is -2.23. The van der Waals surface area contributed by atoms with Gasteiger partial charge in [-0.1, -0.05) is 0 Å². The molecule has 0 saturated heterocycles. The van der Waals surface area contributed by atoms with Gasteiger partial charge in [-0.3, -0.25) is 5.32 Å². The molecule has 11 heavy (non-hydrogen) atoms. The zero-order chi connectivity index (χ0) is 8.69. The van der Waals surface area contributed by atoms with Crippen LogP contribution in [0.3, 0.4) is 0 Å². The van der Waals surface area contributed by atoms with Crippen LogP contribution in [0.1, 0.15) is 6.92 Å². The van der Waals surface area contributed by atoms with Crippen molar-refractivity contribution in [1.82, 2.24) is 16.0 Å². The Morgan fingerprint density at radius 2 is 1.91 bits per heavy atom. The number of nitrogens with one attached hydrogen (secondary N) is 3.